The number of hydrogen-bond donors (Lipinski definition) is 2. The van der Waals surface area contributed by atoms with E-state index in [1.807, 2.05) is 72.8 Å². The highest BCUT2D eigenvalue weighted by molar-refractivity contribution is 6.19. The summed E-state index contributed by atoms with van der Waals surface area (Å²) in [4.78, 5) is 26.3. The first-order valence-corrected chi connectivity index (χ1v) is 13.2. The van der Waals surface area contributed by atoms with Crippen LogP contribution in [-0.2, 0) is 41.6 Å². The number of rotatable bonds is 14. The second kappa shape index (κ2) is 15.5. The topological polar surface area (TPSA) is 123 Å². The number of ether oxygens (including phenoxy) is 2. The van der Waals surface area contributed by atoms with Crippen LogP contribution in [0.4, 0.5) is 0 Å². The summed E-state index contributed by atoms with van der Waals surface area (Å²) in [5.74, 6) is -1.39. The quantitative estimate of drug-likeness (QED) is 0.177. The van der Waals surface area contributed by atoms with Crippen LogP contribution in [-0.4, -0.2) is 31.8 Å². The van der Waals surface area contributed by atoms with E-state index in [4.69, 9.17) is 30.2 Å². The van der Waals surface area contributed by atoms with Crippen LogP contribution in [0.3, 0.4) is 0 Å². The molecule has 0 saturated heterocycles. The van der Waals surface area contributed by atoms with Crippen molar-refractivity contribution in [3.05, 3.63) is 144 Å². The minimum absolute atomic E-state index is 0.0369. The molecule has 0 saturated carbocycles. The molecule has 0 amide bonds. The van der Waals surface area contributed by atoms with E-state index < -0.39 is 36.2 Å². The maximum absolute atomic E-state index is 13.1. The lowest BCUT2D eigenvalue weighted by molar-refractivity contribution is -0.157. The highest BCUT2D eigenvalue weighted by Crippen LogP contribution is 2.21. The fourth-order valence-electron chi connectivity index (χ4n) is 4.05. The number of hydrogen-bond acceptors (Lipinski definition) is 8. The first kappa shape index (κ1) is 29.7. The van der Waals surface area contributed by atoms with Crippen LogP contribution in [0.15, 0.2) is 121 Å². The molecule has 4 aromatic carbocycles. The molecule has 4 atom stereocenters. The lowest BCUT2D eigenvalue weighted by atomic mass is 10.0. The summed E-state index contributed by atoms with van der Waals surface area (Å²) in [5.41, 5.74) is 15.8. The molecule has 0 spiro atoms. The van der Waals surface area contributed by atoms with Crippen LogP contribution >= 0.6 is 0 Å². The summed E-state index contributed by atoms with van der Waals surface area (Å²) in [6, 6.07) is 34.7. The minimum Gasteiger partial charge on any atom is -0.459 e. The largest absolute Gasteiger partial charge is 0.489 e. The van der Waals surface area contributed by atoms with Gasteiger partial charge in [-0.05, 0) is 22.3 Å². The van der Waals surface area contributed by atoms with Crippen molar-refractivity contribution in [1.82, 2.24) is 0 Å². The number of carbonyl (C=O) groups excluding carboxylic acids is 2. The molecule has 4 rings (SSSR count). The third kappa shape index (κ3) is 8.86. The molecule has 0 aromatic heterocycles. The Kier molecular flexibility index (Phi) is 11.2. The smallest absolute Gasteiger partial charge is 0.459 e. The van der Waals surface area contributed by atoms with Gasteiger partial charge in [0.25, 0.3) is 0 Å². The monoisotopic (exact) mass is 551 g/mol. The van der Waals surface area contributed by atoms with Gasteiger partial charge in [-0.25, -0.2) is 9.59 Å². The van der Waals surface area contributed by atoms with Crippen LogP contribution < -0.4 is 11.5 Å². The second-order valence-electron chi connectivity index (χ2n) is 9.27. The van der Waals surface area contributed by atoms with Gasteiger partial charge >= 0.3 is 19.6 Å². The molecule has 209 valence electrons. The van der Waals surface area contributed by atoms with Crippen LogP contribution in [0.1, 0.15) is 34.3 Å². The average Bonchev–Trinajstić information content (AvgIpc) is 3.04. The van der Waals surface area contributed by atoms with Crippen LogP contribution in [0.2, 0.25) is 0 Å². The van der Waals surface area contributed by atoms with Crippen molar-refractivity contribution in [2.75, 3.05) is 0 Å². The summed E-state index contributed by atoms with van der Waals surface area (Å²) in [5, 5.41) is 0. The third-order valence-electron chi connectivity index (χ3n) is 6.34. The number of nitrogens with two attached hydrogens (primary N) is 2. The van der Waals surface area contributed by atoms with Crippen molar-refractivity contribution >= 4 is 19.6 Å². The Balaban J connectivity index is 1.46. The van der Waals surface area contributed by atoms with Crippen LogP contribution in [0, 0.1) is 0 Å². The predicted octanol–water partition coefficient (Wildman–Crippen LogP) is 4.18. The van der Waals surface area contributed by atoms with Crippen LogP contribution in [0.5, 0.6) is 0 Å². The lowest BCUT2D eigenvalue weighted by Crippen LogP contribution is -2.42. The fourth-order valence-corrected chi connectivity index (χ4v) is 4.05. The summed E-state index contributed by atoms with van der Waals surface area (Å²) >= 11 is 0. The molecule has 41 heavy (non-hydrogen) atoms. The maximum atomic E-state index is 13.1. The summed E-state index contributed by atoms with van der Waals surface area (Å²) in [6.07, 6.45) is -2.54. The molecule has 0 aliphatic carbocycles. The van der Waals surface area contributed by atoms with Crippen molar-refractivity contribution in [2.45, 2.75) is 37.5 Å². The van der Waals surface area contributed by atoms with Gasteiger partial charge in [-0.15, -0.1) is 0 Å². The Bertz CT molecular complexity index is 1240. The SMILES string of the molecule is NC(c1ccccc1)C(O[B]OC(C(=O)OCc1ccccc1)C(N)c1ccccc1)C(=O)OCc1ccccc1. The van der Waals surface area contributed by atoms with Crippen molar-refractivity contribution in [3.8, 4) is 0 Å². The predicted molar refractivity (Wildman–Crippen MR) is 155 cm³/mol. The van der Waals surface area contributed by atoms with E-state index in [0.717, 1.165) is 18.8 Å². The molecule has 1 radical (unpaired) electrons. The molecular weight excluding hydrogens is 519 g/mol. The Hall–Kier alpha value is -4.28. The van der Waals surface area contributed by atoms with Gasteiger partial charge in [0.15, 0.2) is 12.2 Å². The minimum atomic E-state index is -1.27. The Morgan fingerprint density at radius 3 is 1.20 bits per heavy atom. The van der Waals surface area contributed by atoms with Gasteiger partial charge in [0.2, 0.25) is 0 Å². The summed E-state index contributed by atoms with van der Waals surface area (Å²) in [6.45, 7) is 0.0738. The van der Waals surface area contributed by atoms with Crippen molar-refractivity contribution < 1.29 is 28.4 Å². The zero-order chi connectivity index (χ0) is 28.9. The Morgan fingerprint density at radius 1 is 0.537 bits per heavy atom. The number of carbonyl (C=O) groups is 2. The van der Waals surface area contributed by atoms with Gasteiger partial charge < -0.3 is 30.2 Å². The molecule has 4 unspecified atom stereocenters. The van der Waals surface area contributed by atoms with Gasteiger partial charge in [-0.1, -0.05) is 121 Å². The van der Waals surface area contributed by atoms with E-state index in [0.29, 0.717) is 11.1 Å². The summed E-state index contributed by atoms with van der Waals surface area (Å²) < 4.78 is 22.5. The average molecular weight is 551 g/mol. The number of esters is 2. The van der Waals surface area contributed by atoms with Crippen LogP contribution in [0.25, 0.3) is 0 Å². The standard InChI is InChI=1S/C32H32BN2O6/c34-27(25-17-9-3-10-18-25)29(31(36)38-21-23-13-5-1-6-14-23)40-33-41-30(28(35)26-19-11-4-12-20-26)32(37)39-22-24-15-7-2-8-16-24/h1-20,27-30H,21-22,34-35H2. The van der Waals surface area contributed by atoms with Crippen molar-refractivity contribution in [2.24, 2.45) is 11.5 Å². The first-order chi connectivity index (χ1) is 20.0. The zero-order valence-corrected chi connectivity index (χ0v) is 22.5. The molecule has 9 heteroatoms. The molecule has 8 nitrogen and oxygen atoms in total. The molecule has 4 aromatic rings. The van der Waals surface area contributed by atoms with E-state index in [1.165, 1.54) is 0 Å². The zero-order valence-electron chi connectivity index (χ0n) is 22.5. The fraction of sp³-hybridized carbons (Fsp3) is 0.188. The Morgan fingerprint density at radius 2 is 0.854 bits per heavy atom. The van der Waals surface area contributed by atoms with Gasteiger partial charge in [-0.2, -0.15) is 0 Å². The number of benzene rings is 4. The third-order valence-corrected chi connectivity index (χ3v) is 6.34. The van der Waals surface area contributed by atoms with E-state index >= 15 is 0 Å². The lowest BCUT2D eigenvalue weighted by Gasteiger charge is -2.26. The molecular formula is C32H32BN2O6. The van der Waals surface area contributed by atoms with E-state index in [1.54, 1.807) is 48.5 Å². The van der Waals surface area contributed by atoms with Gasteiger partial charge in [0.1, 0.15) is 13.2 Å². The molecule has 0 heterocycles. The normalized spacial score (nSPS) is 13.8. The second-order valence-corrected chi connectivity index (χ2v) is 9.27. The van der Waals surface area contributed by atoms with Gasteiger partial charge in [0, 0.05) is 0 Å². The molecule has 4 N–H and O–H groups in total. The van der Waals surface area contributed by atoms with Crippen molar-refractivity contribution in [3.63, 3.8) is 0 Å². The van der Waals surface area contributed by atoms with E-state index in [-0.39, 0.29) is 13.2 Å². The summed E-state index contributed by atoms with van der Waals surface area (Å²) in [7, 11) is 0.911. The molecule has 0 fully saturated rings. The Labute approximate surface area is 240 Å². The van der Waals surface area contributed by atoms with Gasteiger partial charge in [0.05, 0.1) is 12.1 Å². The highest BCUT2D eigenvalue weighted by Gasteiger charge is 2.33. The molecule has 0 bridgehead atoms. The first-order valence-electron chi connectivity index (χ1n) is 13.2. The molecule has 0 aliphatic heterocycles. The maximum Gasteiger partial charge on any atom is 0.489 e. The van der Waals surface area contributed by atoms with Crippen molar-refractivity contribution in [1.29, 1.82) is 0 Å². The molecule has 0 aliphatic rings. The van der Waals surface area contributed by atoms with E-state index in [9.17, 15) is 9.59 Å². The van der Waals surface area contributed by atoms with Gasteiger partial charge in [-0.3, -0.25) is 0 Å². The highest BCUT2D eigenvalue weighted by atomic mass is 16.6. The van der Waals surface area contributed by atoms with E-state index in [2.05, 4.69) is 0 Å².